The molecule has 124 valence electrons. The van der Waals surface area contributed by atoms with Gasteiger partial charge in [0.05, 0.1) is 6.61 Å². The van der Waals surface area contributed by atoms with Gasteiger partial charge in [0.2, 0.25) is 0 Å². The predicted molar refractivity (Wildman–Crippen MR) is 88.4 cm³/mol. The standard InChI is InChI=1S/C18H35NO2/c1-4-6-7-12-15-18(3,17(20)21-5-2)19-16-13-10-8-9-11-14-16/h16,19H,4-15H2,1-3H3. The number of unbranched alkanes of at least 4 members (excludes halogenated alkanes) is 3. The lowest BCUT2D eigenvalue weighted by Crippen LogP contribution is -2.54. The molecule has 1 unspecified atom stereocenters. The zero-order chi connectivity index (χ0) is 15.6. The average Bonchev–Trinajstić information content (AvgIpc) is 2.72. The van der Waals surface area contributed by atoms with Crippen LogP contribution in [0.4, 0.5) is 0 Å². The van der Waals surface area contributed by atoms with Gasteiger partial charge in [-0.3, -0.25) is 10.1 Å². The summed E-state index contributed by atoms with van der Waals surface area (Å²) in [5.74, 6) is -0.0641. The molecule has 0 aliphatic heterocycles. The topological polar surface area (TPSA) is 38.3 Å². The van der Waals surface area contributed by atoms with Crippen molar-refractivity contribution in [1.29, 1.82) is 0 Å². The van der Waals surface area contributed by atoms with Crippen molar-refractivity contribution in [3.8, 4) is 0 Å². The average molecular weight is 297 g/mol. The molecule has 0 spiro atoms. The van der Waals surface area contributed by atoms with Gasteiger partial charge in [-0.2, -0.15) is 0 Å². The Morgan fingerprint density at radius 3 is 2.33 bits per heavy atom. The fourth-order valence-corrected chi connectivity index (χ4v) is 3.30. The fourth-order valence-electron chi connectivity index (χ4n) is 3.30. The first-order chi connectivity index (χ1) is 10.1. The Labute approximate surface area is 131 Å². The van der Waals surface area contributed by atoms with Gasteiger partial charge in [0, 0.05) is 6.04 Å². The van der Waals surface area contributed by atoms with E-state index in [1.165, 1.54) is 57.8 Å². The van der Waals surface area contributed by atoms with E-state index in [1.807, 2.05) is 13.8 Å². The number of nitrogens with one attached hydrogen (secondary N) is 1. The number of hydrogen-bond donors (Lipinski definition) is 1. The van der Waals surface area contributed by atoms with Crippen LogP contribution in [0.3, 0.4) is 0 Å². The lowest BCUT2D eigenvalue weighted by atomic mass is 9.91. The van der Waals surface area contributed by atoms with Gasteiger partial charge >= 0.3 is 5.97 Å². The van der Waals surface area contributed by atoms with Gasteiger partial charge in [-0.05, 0) is 33.1 Å². The van der Waals surface area contributed by atoms with Gasteiger partial charge in [0.15, 0.2) is 0 Å². The van der Waals surface area contributed by atoms with E-state index in [0.29, 0.717) is 12.6 Å². The molecule has 1 aliphatic rings. The molecule has 0 amide bonds. The molecule has 0 heterocycles. The Balaban J connectivity index is 2.58. The first kappa shape index (κ1) is 18.5. The highest BCUT2D eigenvalue weighted by atomic mass is 16.5. The molecule has 1 saturated carbocycles. The third-order valence-electron chi connectivity index (χ3n) is 4.63. The van der Waals surface area contributed by atoms with Crippen LogP contribution in [0.2, 0.25) is 0 Å². The van der Waals surface area contributed by atoms with Crippen molar-refractivity contribution in [3.63, 3.8) is 0 Å². The third-order valence-corrected chi connectivity index (χ3v) is 4.63. The van der Waals surface area contributed by atoms with E-state index in [1.54, 1.807) is 0 Å². The van der Waals surface area contributed by atoms with E-state index in [4.69, 9.17) is 4.74 Å². The van der Waals surface area contributed by atoms with E-state index in [-0.39, 0.29) is 5.97 Å². The summed E-state index contributed by atoms with van der Waals surface area (Å²) in [5, 5.41) is 3.66. The lowest BCUT2D eigenvalue weighted by Gasteiger charge is -2.33. The van der Waals surface area contributed by atoms with Crippen molar-refractivity contribution in [3.05, 3.63) is 0 Å². The molecule has 1 aliphatic carbocycles. The van der Waals surface area contributed by atoms with Crippen LogP contribution in [0, 0.1) is 0 Å². The molecular formula is C18H35NO2. The Hall–Kier alpha value is -0.570. The van der Waals surface area contributed by atoms with Crippen LogP contribution in [0.15, 0.2) is 0 Å². The molecule has 0 radical (unpaired) electrons. The van der Waals surface area contributed by atoms with Gasteiger partial charge in [-0.25, -0.2) is 0 Å². The molecular weight excluding hydrogens is 262 g/mol. The second kappa shape index (κ2) is 10.2. The van der Waals surface area contributed by atoms with Crippen LogP contribution in [-0.2, 0) is 9.53 Å². The van der Waals surface area contributed by atoms with Crippen molar-refractivity contribution >= 4 is 5.97 Å². The zero-order valence-corrected chi connectivity index (χ0v) is 14.4. The minimum atomic E-state index is -0.501. The quantitative estimate of drug-likeness (QED) is 0.384. The first-order valence-electron chi connectivity index (χ1n) is 9.07. The molecule has 0 aromatic rings. The summed E-state index contributed by atoms with van der Waals surface area (Å²) in [6.45, 7) is 6.62. The van der Waals surface area contributed by atoms with E-state index < -0.39 is 5.54 Å². The second-order valence-electron chi connectivity index (χ2n) is 6.70. The van der Waals surface area contributed by atoms with Crippen LogP contribution >= 0.6 is 0 Å². The molecule has 1 fully saturated rings. The highest BCUT2D eigenvalue weighted by Gasteiger charge is 2.36. The van der Waals surface area contributed by atoms with Gasteiger partial charge < -0.3 is 4.74 Å². The van der Waals surface area contributed by atoms with Crippen molar-refractivity contribution in [1.82, 2.24) is 5.32 Å². The summed E-state index contributed by atoms with van der Waals surface area (Å²) >= 11 is 0. The van der Waals surface area contributed by atoms with E-state index in [0.717, 1.165) is 12.8 Å². The Kier molecular flexibility index (Phi) is 8.98. The fraction of sp³-hybridized carbons (Fsp3) is 0.944. The summed E-state index contributed by atoms with van der Waals surface area (Å²) in [4.78, 5) is 12.4. The minimum Gasteiger partial charge on any atom is -0.465 e. The maximum absolute atomic E-state index is 12.4. The predicted octanol–water partition coefficient (Wildman–Crippen LogP) is 4.59. The molecule has 0 aromatic heterocycles. The van der Waals surface area contributed by atoms with Crippen LogP contribution in [0.25, 0.3) is 0 Å². The highest BCUT2D eigenvalue weighted by Crippen LogP contribution is 2.23. The highest BCUT2D eigenvalue weighted by molar-refractivity contribution is 5.80. The van der Waals surface area contributed by atoms with Gasteiger partial charge in [0.1, 0.15) is 5.54 Å². The molecule has 0 saturated heterocycles. The normalized spacial score (nSPS) is 19.8. The van der Waals surface area contributed by atoms with Crippen molar-refractivity contribution in [2.45, 2.75) is 103 Å². The minimum absolute atomic E-state index is 0.0641. The SMILES string of the molecule is CCCCCCC(C)(NC1CCCCCC1)C(=O)OCC. The molecule has 3 nitrogen and oxygen atoms in total. The van der Waals surface area contributed by atoms with Crippen LogP contribution in [-0.4, -0.2) is 24.2 Å². The summed E-state index contributed by atoms with van der Waals surface area (Å²) in [5.41, 5.74) is -0.501. The number of ether oxygens (including phenoxy) is 1. The maximum atomic E-state index is 12.4. The zero-order valence-electron chi connectivity index (χ0n) is 14.4. The van der Waals surface area contributed by atoms with Crippen molar-refractivity contribution < 1.29 is 9.53 Å². The summed E-state index contributed by atoms with van der Waals surface area (Å²) < 4.78 is 5.34. The Bertz CT molecular complexity index is 285. The summed E-state index contributed by atoms with van der Waals surface area (Å²) in [7, 11) is 0. The van der Waals surface area contributed by atoms with Crippen molar-refractivity contribution in [2.75, 3.05) is 6.61 Å². The molecule has 3 heteroatoms. The van der Waals surface area contributed by atoms with Gasteiger partial charge in [-0.15, -0.1) is 0 Å². The smallest absolute Gasteiger partial charge is 0.326 e. The molecule has 0 bridgehead atoms. The molecule has 1 rings (SSSR count). The van der Waals surface area contributed by atoms with Crippen LogP contribution < -0.4 is 5.32 Å². The van der Waals surface area contributed by atoms with E-state index in [9.17, 15) is 4.79 Å². The number of rotatable bonds is 9. The maximum Gasteiger partial charge on any atom is 0.326 e. The number of hydrogen-bond acceptors (Lipinski definition) is 3. The monoisotopic (exact) mass is 297 g/mol. The molecule has 1 N–H and O–H groups in total. The number of carbonyl (C=O) groups is 1. The summed E-state index contributed by atoms with van der Waals surface area (Å²) in [6, 6.07) is 0.480. The van der Waals surface area contributed by atoms with Gasteiger partial charge in [0.25, 0.3) is 0 Å². The first-order valence-corrected chi connectivity index (χ1v) is 9.07. The Morgan fingerprint density at radius 2 is 1.76 bits per heavy atom. The molecule has 21 heavy (non-hydrogen) atoms. The second-order valence-corrected chi connectivity index (χ2v) is 6.70. The van der Waals surface area contributed by atoms with Gasteiger partial charge in [-0.1, -0.05) is 58.3 Å². The van der Waals surface area contributed by atoms with E-state index in [2.05, 4.69) is 12.2 Å². The largest absolute Gasteiger partial charge is 0.465 e. The third kappa shape index (κ3) is 6.82. The Morgan fingerprint density at radius 1 is 1.10 bits per heavy atom. The summed E-state index contributed by atoms with van der Waals surface area (Å²) in [6.07, 6.45) is 13.3. The van der Waals surface area contributed by atoms with Crippen LogP contribution in [0.5, 0.6) is 0 Å². The number of esters is 1. The van der Waals surface area contributed by atoms with Crippen molar-refractivity contribution in [2.24, 2.45) is 0 Å². The van der Waals surface area contributed by atoms with E-state index >= 15 is 0 Å². The van der Waals surface area contributed by atoms with Crippen LogP contribution in [0.1, 0.15) is 91.4 Å². The molecule has 1 atom stereocenters. The number of carbonyl (C=O) groups excluding carboxylic acids is 1. The molecule has 0 aromatic carbocycles. The lowest BCUT2D eigenvalue weighted by molar-refractivity contribution is -0.151.